The second-order valence-corrected chi connectivity index (χ2v) is 21.7. The second kappa shape index (κ2) is 44.2. The molecular formula is C60H106N4O12. The van der Waals surface area contributed by atoms with Crippen LogP contribution in [0.15, 0.2) is 24.3 Å². The molecule has 16 nitrogen and oxygen atoms in total. The van der Waals surface area contributed by atoms with Crippen molar-refractivity contribution >= 4 is 47.5 Å². The van der Waals surface area contributed by atoms with E-state index in [1.54, 1.807) is 0 Å². The monoisotopic (exact) mass is 1070 g/mol. The highest BCUT2D eigenvalue weighted by Gasteiger charge is 2.69. The molecule has 438 valence electrons. The Morgan fingerprint density at radius 3 is 0.842 bits per heavy atom. The molecule has 0 aromatic rings. The third-order valence-corrected chi connectivity index (χ3v) is 16.0. The van der Waals surface area contributed by atoms with Gasteiger partial charge in [-0.05, 0) is 116 Å². The van der Waals surface area contributed by atoms with E-state index in [1.807, 2.05) is 13.8 Å². The van der Waals surface area contributed by atoms with Gasteiger partial charge >= 0.3 is 23.9 Å². The molecule has 0 spiro atoms. The minimum atomic E-state index is -2.52. The number of rotatable bonds is 55. The van der Waals surface area contributed by atoms with Crippen LogP contribution in [0.4, 0.5) is 0 Å². The van der Waals surface area contributed by atoms with E-state index < -0.39 is 70.2 Å². The zero-order valence-corrected chi connectivity index (χ0v) is 47.3. The smallest absolute Gasteiger partial charge is 0.311 e. The van der Waals surface area contributed by atoms with Gasteiger partial charge in [0.1, 0.15) is 0 Å². The average Bonchev–Trinajstić information content (AvgIpc) is 3.35. The lowest BCUT2D eigenvalue weighted by Gasteiger charge is -2.51. The Balaban J connectivity index is 6.53. The van der Waals surface area contributed by atoms with Crippen LogP contribution in [0.3, 0.4) is 0 Å². The molecule has 0 radical (unpaired) electrons. The first-order chi connectivity index (χ1) is 36.4. The summed E-state index contributed by atoms with van der Waals surface area (Å²) in [6, 6.07) is 0. The average molecular weight is 1080 g/mol. The molecule has 6 atom stereocenters. The Hall–Kier alpha value is -4.76. The molecule has 0 aliphatic heterocycles. The first-order valence-electron chi connectivity index (χ1n) is 29.7. The van der Waals surface area contributed by atoms with Crippen LogP contribution in [-0.4, -0.2) is 67.9 Å². The molecule has 0 bridgehead atoms. The number of nitrogens with two attached hydrogens (primary N) is 4. The Morgan fingerprint density at radius 1 is 0.355 bits per heavy atom. The number of hydrogen-bond acceptors (Lipinski definition) is 8. The number of hydrogen-bond donors (Lipinski definition) is 8. The maximum atomic E-state index is 14.4. The van der Waals surface area contributed by atoms with Crippen LogP contribution < -0.4 is 22.9 Å². The third kappa shape index (κ3) is 29.7. The molecule has 0 aromatic heterocycles. The van der Waals surface area contributed by atoms with Gasteiger partial charge in [0, 0.05) is 24.7 Å². The van der Waals surface area contributed by atoms with Crippen molar-refractivity contribution in [1.82, 2.24) is 0 Å². The Kier molecular flexibility index (Phi) is 41.5. The van der Waals surface area contributed by atoms with Crippen LogP contribution in [0.5, 0.6) is 0 Å². The predicted molar refractivity (Wildman–Crippen MR) is 300 cm³/mol. The normalized spacial score (nSPS) is 14.9. The van der Waals surface area contributed by atoms with E-state index in [4.69, 9.17) is 22.9 Å². The molecule has 6 unspecified atom stereocenters. The molecule has 0 saturated carbocycles. The third-order valence-electron chi connectivity index (χ3n) is 16.0. The van der Waals surface area contributed by atoms with Crippen LogP contribution in [0.25, 0.3) is 0 Å². The highest BCUT2D eigenvalue weighted by molar-refractivity contribution is 5.94. The number of carbonyl (C=O) groups is 8. The largest absolute Gasteiger partial charge is 0.481 e. The summed E-state index contributed by atoms with van der Waals surface area (Å²) in [5, 5.41) is 45.6. The highest BCUT2D eigenvalue weighted by Crippen LogP contribution is 2.59. The van der Waals surface area contributed by atoms with E-state index in [9.17, 15) is 58.8 Å². The summed E-state index contributed by atoms with van der Waals surface area (Å²) in [4.78, 5) is 102. The summed E-state index contributed by atoms with van der Waals surface area (Å²) in [6.07, 6.45) is 33.3. The van der Waals surface area contributed by atoms with Gasteiger partial charge in [-0.1, -0.05) is 167 Å². The fourth-order valence-corrected chi connectivity index (χ4v) is 11.4. The molecule has 0 aliphatic carbocycles. The SMILES string of the molecule is CCC(CCCCC(C(=O)O)C(CCCCCCCC/C=C\CCCCCCCC(N)=O)(C(=O)O)C(CCCCCCCC/C=C\CCCCCCCC(N)=O)(C(=O)O)C(CCCCC(CC)C(N)=O)C(=O)O)C(N)=O. The molecule has 0 fully saturated rings. The summed E-state index contributed by atoms with van der Waals surface area (Å²) in [5.74, 6) is -12.2. The Bertz CT molecular complexity index is 1600. The van der Waals surface area contributed by atoms with Gasteiger partial charge in [0.15, 0.2) is 0 Å². The molecule has 12 N–H and O–H groups in total. The van der Waals surface area contributed by atoms with Gasteiger partial charge in [-0.2, -0.15) is 0 Å². The molecule has 76 heavy (non-hydrogen) atoms. The zero-order valence-electron chi connectivity index (χ0n) is 47.3. The molecule has 0 heterocycles. The van der Waals surface area contributed by atoms with Crippen molar-refractivity contribution in [2.75, 3.05) is 0 Å². The van der Waals surface area contributed by atoms with Crippen molar-refractivity contribution < 1.29 is 58.8 Å². The Morgan fingerprint density at radius 2 is 0.605 bits per heavy atom. The lowest BCUT2D eigenvalue weighted by Crippen LogP contribution is -2.63. The van der Waals surface area contributed by atoms with Gasteiger partial charge in [-0.3, -0.25) is 38.4 Å². The summed E-state index contributed by atoms with van der Waals surface area (Å²) in [6.45, 7) is 3.63. The minimum absolute atomic E-state index is 0.163. The molecule has 0 aliphatic rings. The minimum Gasteiger partial charge on any atom is -0.481 e. The van der Waals surface area contributed by atoms with E-state index >= 15 is 0 Å². The van der Waals surface area contributed by atoms with Gasteiger partial charge < -0.3 is 43.4 Å². The fraction of sp³-hybridized carbons (Fsp3) is 0.800. The van der Waals surface area contributed by atoms with E-state index in [-0.39, 0.29) is 63.2 Å². The van der Waals surface area contributed by atoms with Crippen molar-refractivity contribution in [3.05, 3.63) is 24.3 Å². The van der Waals surface area contributed by atoms with Gasteiger partial charge in [0.25, 0.3) is 0 Å². The number of carboxylic acid groups (broad SMARTS) is 4. The number of unbranched alkanes of at least 4 members (excludes halogenated alkanes) is 24. The number of aliphatic carboxylic acids is 4. The van der Waals surface area contributed by atoms with Crippen molar-refractivity contribution in [3.63, 3.8) is 0 Å². The molecule has 0 rings (SSSR count). The first kappa shape index (κ1) is 71.2. The van der Waals surface area contributed by atoms with Gasteiger partial charge in [-0.15, -0.1) is 0 Å². The zero-order chi connectivity index (χ0) is 57.0. The maximum Gasteiger partial charge on any atom is 0.311 e. The summed E-state index contributed by atoms with van der Waals surface area (Å²) < 4.78 is 0. The van der Waals surface area contributed by atoms with E-state index in [0.717, 1.165) is 128 Å². The van der Waals surface area contributed by atoms with E-state index in [0.29, 0.717) is 77.0 Å². The highest BCUT2D eigenvalue weighted by atomic mass is 16.4. The van der Waals surface area contributed by atoms with Gasteiger partial charge in [0.2, 0.25) is 23.6 Å². The van der Waals surface area contributed by atoms with E-state index in [1.165, 1.54) is 0 Å². The van der Waals surface area contributed by atoms with Crippen molar-refractivity contribution in [1.29, 1.82) is 0 Å². The van der Waals surface area contributed by atoms with Crippen LogP contribution in [0.2, 0.25) is 0 Å². The van der Waals surface area contributed by atoms with Gasteiger partial charge in [-0.25, -0.2) is 0 Å². The lowest BCUT2D eigenvalue weighted by atomic mass is 9.47. The van der Waals surface area contributed by atoms with Crippen LogP contribution in [0, 0.1) is 34.5 Å². The summed E-state index contributed by atoms with van der Waals surface area (Å²) in [7, 11) is 0. The number of amides is 4. The fourth-order valence-electron chi connectivity index (χ4n) is 11.4. The maximum absolute atomic E-state index is 14.4. The molecular weight excluding hydrogens is 969 g/mol. The van der Waals surface area contributed by atoms with E-state index in [2.05, 4.69) is 24.3 Å². The number of carbonyl (C=O) groups excluding carboxylic acids is 4. The summed E-state index contributed by atoms with van der Waals surface area (Å²) >= 11 is 0. The topological polar surface area (TPSA) is 322 Å². The second-order valence-electron chi connectivity index (χ2n) is 21.7. The first-order valence-corrected chi connectivity index (χ1v) is 29.7. The van der Waals surface area contributed by atoms with Gasteiger partial charge in [0.05, 0.1) is 22.7 Å². The van der Waals surface area contributed by atoms with Crippen molar-refractivity contribution in [3.8, 4) is 0 Å². The van der Waals surface area contributed by atoms with Crippen LogP contribution >= 0.6 is 0 Å². The van der Waals surface area contributed by atoms with Crippen LogP contribution in [-0.2, 0) is 38.4 Å². The molecule has 0 aromatic carbocycles. The number of primary amides is 4. The van der Waals surface area contributed by atoms with Crippen molar-refractivity contribution in [2.45, 2.75) is 271 Å². The van der Waals surface area contributed by atoms with Crippen molar-refractivity contribution in [2.24, 2.45) is 57.4 Å². The van der Waals surface area contributed by atoms with Crippen LogP contribution in [0.1, 0.15) is 271 Å². The molecule has 16 heteroatoms. The predicted octanol–water partition coefficient (Wildman–Crippen LogP) is 12.5. The standard InChI is InChI=1S/C60H106N4O12/c1-3-47(53(63)67)39-33-35-41-49(55(69)70)59(57(73)74,45-37-29-25-21-17-13-9-5-7-11-15-19-23-27-31-43-51(61)65)60(58(75)76,50(56(71)72)42-36-34-40-48(4-2)54(64)68)46-38-30-26-22-18-14-10-6-8-12-16-20-24-28-32-44-52(62)66/h5-8,47-50H,3-4,9-46H2,1-2H3,(H2,61,65)(H2,62,66)(H2,63,67)(H2,64,68)(H,69,70)(H,71,72)(H,73,74)(H,75,76)/b7-5-,8-6-. The quantitative estimate of drug-likeness (QED) is 0.0208. The summed E-state index contributed by atoms with van der Waals surface area (Å²) in [5.41, 5.74) is 16.6. The molecule has 0 saturated heterocycles. The molecule has 4 amide bonds. The number of carboxylic acids is 4. The Labute approximate surface area is 457 Å². The number of allylic oxidation sites excluding steroid dienone is 4. The lowest BCUT2D eigenvalue weighted by molar-refractivity contribution is -0.201.